The fourth-order valence-corrected chi connectivity index (χ4v) is 1.40. The third-order valence-electron chi connectivity index (χ3n) is 2.27. The highest BCUT2D eigenvalue weighted by Crippen LogP contribution is 2.11. The SMILES string of the molecule is O=C(O)c1ccco1.OCCCc1cccc(O)c1. The number of hydrogen-bond donors (Lipinski definition) is 3. The first-order chi connectivity index (χ1) is 9.13. The van der Waals surface area contributed by atoms with Crippen LogP contribution in [0.4, 0.5) is 0 Å². The molecule has 1 heterocycles. The van der Waals surface area contributed by atoms with Gasteiger partial charge in [0.2, 0.25) is 5.76 Å². The predicted molar refractivity (Wildman–Crippen MR) is 69.2 cm³/mol. The van der Waals surface area contributed by atoms with Crippen LogP contribution in [0.2, 0.25) is 0 Å². The van der Waals surface area contributed by atoms with Crippen molar-refractivity contribution < 1.29 is 24.5 Å². The van der Waals surface area contributed by atoms with E-state index in [1.165, 1.54) is 18.4 Å². The quantitative estimate of drug-likeness (QED) is 0.788. The van der Waals surface area contributed by atoms with Crippen molar-refractivity contribution >= 4 is 5.97 Å². The highest BCUT2D eigenvalue weighted by atomic mass is 16.4. The monoisotopic (exact) mass is 264 g/mol. The van der Waals surface area contributed by atoms with E-state index >= 15 is 0 Å². The van der Waals surface area contributed by atoms with Crippen LogP contribution in [0, 0.1) is 0 Å². The number of rotatable bonds is 4. The summed E-state index contributed by atoms with van der Waals surface area (Å²) >= 11 is 0. The molecule has 0 spiro atoms. The third-order valence-corrected chi connectivity index (χ3v) is 2.27. The number of carboxylic acids is 1. The van der Waals surface area contributed by atoms with Gasteiger partial charge in [0, 0.05) is 6.61 Å². The molecular weight excluding hydrogens is 248 g/mol. The lowest BCUT2D eigenvalue weighted by atomic mass is 10.1. The zero-order chi connectivity index (χ0) is 14.1. The van der Waals surface area contributed by atoms with Gasteiger partial charge in [-0.05, 0) is 42.7 Å². The maximum Gasteiger partial charge on any atom is 0.371 e. The normalized spacial score (nSPS) is 9.53. The Kier molecular flexibility index (Phi) is 6.18. The van der Waals surface area contributed by atoms with Gasteiger partial charge in [-0.25, -0.2) is 4.79 Å². The van der Waals surface area contributed by atoms with Crippen LogP contribution in [0.5, 0.6) is 5.75 Å². The van der Waals surface area contributed by atoms with Crippen molar-refractivity contribution in [2.75, 3.05) is 6.61 Å². The van der Waals surface area contributed by atoms with E-state index in [0.29, 0.717) is 5.75 Å². The summed E-state index contributed by atoms with van der Waals surface area (Å²) in [6, 6.07) is 10.0. The Morgan fingerprint density at radius 3 is 2.47 bits per heavy atom. The fourth-order valence-electron chi connectivity index (χ4n) is 1.40. The Balaban J connectivity index is 0.000000200. The maximum atomic E-state index is 9.97. The van der Waals surface area contributed by atoms with Crippen LogP contribution in [0.15, 0.2) is 47.1 Å². The summed E-state index contributed by atoms with van der Waals surface area (Å²) < 4.78 is 4.50. The average molecular weight is 264 g/mol. The molecule has 0 radical (unpaired) electrons. The average Bonchev–Trinajstić information content (AvgIpc) is 2.91. The standard InChI is InChI=1S/C9H12O2.C5H4O3/c10-6-2-4-8-3-1-5-9(11)7-8;6-5(7)4-2-1-3-8-4/h1,3,5,7,10-11H,2,4,6H2;1-3H,(H,6,7). The van der Waals surface area contributed by atoms with Gasteiger partial charge in [-0.2, -0.15) is 0 Å². The summed E-state index contributed by atoms with van der Waals surface area (Å²) in [6.07, 6.45) is 2.90. The maximum absolute atomic E-state index is 9.97. The number of benzene rings is 1. The van der Waals surface area contributed by atoms with Crippen LogP contribution < -0.4 is 0 Å². The summed E-state index contributed by atoms with van der Waals surface area (Å²) in [5.74, 6) is -0.763. The van der Waals surface area contributed by atoms with Gasteiger partial charge >= 0.3 is 5.97 Å². The molecule has 2 rings (SSSR count). The summed E-state index contributed by atoms with van der Waals surface area (Å²) in [7, 11) is 0. The van der Waals surface area contributed by atoms with Crippen molar-refractivity contribution in [3.63, 3.8) is 0 Å². The minimum Gasteiger partial charge on any atom is -0.508 e. The first-order valence-electron chi connectivity index (χ1n) is 5.79. The second-order valence-electron chi connectivity index (χ2n) is 3.78. The largest absolute Gasteiger partial charge is 0.508 e. The van der Waals surface area contributed by atoms with Crippen LogP contribution in [-0.2, 0) is 6.42 Å². The van der Waals surface area contributed by atoms with E-state index in [0.717, 1.165) is 18.4 Å². The number of aryl methyl sites for hydroxylation is 1. The van der Waals surface area contributed by atoms with Crippen molar-refractivity contribution in [2.45, 2.75) is 12.8 Å². The number of carbonyl (C=O) groups is 1. The van der Waals surface area contributed by atoms with Gasteiger partial charge in [0.05, 0.1) is 6.26 Å². The topological polar surface area (TPSA) is 90.9 Å². The molecule has 0 atom stereocenters. The fraction of sp³-hybridized carbons (Fsp3) is 0.214. The highest BCUT2D eigenvalue weighted by Gasteiger charge is 2.01. The molecule has 1 aromatic carbocycles. The number of phenolic OH excluding ortho intramolecular Hbond substituents is 1. The van der Waals surface area contributed by atoms with Gasteiger partial charge in [-0.3, -0.25) is 0 Å². The molecule has 5 nitrogen and oxygen atoms in total. The highest BCUT2D eigenvalue weighted by molar-refractivity contribution is 5.84. The lowest BCUT2D eigenvalue weighted by Crippen LogP contribution is -1.90. The Morgan fingerprint density at radius 1 is 1.21 bits per heavy atom. The number of aliphatic hydroxyl groups excluding tert-OH is 1. The number of furan rings is 1. The van der Waals surface area contributed by atoms with Gasteiger partial charge in [0.25, 0.3) is 0 Å². The molecule has 0 bridgehead atoms. The smallest absolute Gasteiger partial charge is 0.371 e. The molecule has 0 fully saturated rings. The molecule has 19 heavy (non-hydrogen) atoms. The van der Waals surface area contributed by atoms with Gasteiger partial charge in [-0.1, -0.05) is 12.1 Å². The minimum absolute atomic E-state index is 0.0231. The number of aromatic hydroxyl groups is 1. The second kappa shape index (κ2) is 7.94. The van der Waals surface area contributed by atoms with Crippen molar-refractivity contribution in [2.24, 2.45) is 0 Å². The number of aromatic carboxylic acids is 1. The van der Waals surface area contributed by atoms with Crippen molar-refractivity contribution in [1.82, 2.24) is 0 Å². The van der Waals surface area contributed by atoms with Crippen LogP contribution in [0.3, 0.4) is 0 Å². The molecule has 0 aliphatic carbocycles. The third kappa shape index (κ3) is 5.74. The Morgan fingerprint density at radius 2 is 2.00 bits per heavy atom. The van der Waals surface area contributed by atoms with E-state index < -0.39 is 5.97 Å². The molecule has 0 aliphatic heterocycles. The van der Waals surface area contributed by atoms with Crippen molar-refractivity contribution in [1.29, 1.82) is 0 Å². The Bertz CT molecular complexity index is 490. The Hall–Kier alpha value is -2.27. The predicted octanol–water partition coefficient (Wildman–Crippen LogP) is 2.29. The lowest BCUT2D eigenvalue weighted by Gasteiger charge is -1.98. The molecule has 0 unspecified atom stereocenters. The van der Waals surface area contributed by atoms with Crippen molar-refractivity contribution in [3.05, 3.63) is 54.0 Å². The molecule has 3 N–H and O–H groups in total. The van der Waals surface area contributed by atoms with E-state index in [1.807, 2.05) is 12.1 Å². The van der Waals surface area contributed by atoms with Gasteiger partial charge in [-0.15, -0.1) is 0 Å². The van der Waals surface area contributed by atoms with Gasteiger partial charge in [0.15, 0.2) is 0 Å². The molecule has 0 amide bonds. The lowest BCUT2D eigenvalue weighted by molar-refractivity contribution is 0.0662. The van der Waals surface area contributed by atoms with E-state index in [4.69, 9.17) is 15.3 Å². The molecule has 2 aromatic rings. The first kappa shape index (κ1) is 14.8. The summed E-state index contributed by atoms with van der Waals surface area (Å²) in [5, 5.41) is 25.8. The van der Waals surface area contributed by atoms with Crippen LogP contribution in [0.1, 0.15) is 22.5 Å². The molecule has 0 saturated carbocycles. The number of carboxylic acid groups (broad SMARTS) is 1. The van der Waals surface area contributed by atoms with Crippen LogP contribution >= 0.6 is 0 Å². The Labute approximate surface area is 110 Å². The minimum atomic E-state index is -1.03. The first-order valence-corrected chi connectivity index (χ1v) is 5.79. The number of aliphatic hydroxyl groups is 1. The van der Waals surface area contributed by atoms with E-state index in [9.17, 15) is 4.79 Å². The van der Waals surface area contributed by atoms with E-state index in [-0.39, 0.29) is 12.4 Å². The van der Waals surface area contributed by atoms with Gasteiger partial charge in [0.1, 0.15) is 5.75 Å². The molecule has 102 valence electrons. The number of phenols is 1. The summed E-state index contributed by atoms with van der Waals surface area (Å²) in [6.45, 7) is 0.204. The van der Waals surface area contributed by atoms with Crippen molar-refractivity contribution in [3.8, 4) is 5.75 Å². The summed E-state index contributed by atoms with van der Waals surface area (Å²) in [5.41, 5.74) is 1.07. The zero-order valence-corrected chi connectivity index (χ0v) is 10.3. The van der Waals surface area contributed by atoms with Gasteiger partial charge < -0.3 is 19.7 Å². The molecule has 0 saturated heterocycles. The van der Waals surface area contributed by atoms with E-state index in [1.54, 1.807) is 12.1 Å². The summed E-state index contributed by atoms with van der Waals surface area (Å²) in [4.78, 5) is 9.97. The van der Waals surface area contributed by atoms with E-state index in [2.05, 4.69) is 4.42 Å². The molecule has 0 aliphatic rings. The van der Waals surface area contributed by atoms with Crippen LogP contribution in [0.25, 0.3) is 0 Å². The zero-order valence-electron chi connectivity index (χ0n) is 10.3. The molecule has 5 heteroatoms. The van der Waals surface area contributed by atoms with Crippen LogP contribution in [-0.4, -0.2) is 27.9 Å². The number of hydrogen-bond acceptors (Lipinski definition) is 4. The molecule has 1 aromatic heterocycles. The second-order valence-corrected chi connectivity index (χ2v) is 3.78. The molecular formula is C14H16O5.